The van der Waals surface area contributed by atoms with E-state index >= 15 is 0 Å². The summed E-state index contributed by atoms with van der Waals surface area (Å²) in [6.07, 6.45) is 0. The van der Waals surface area contributed by atoms with E-state index in [1.54, 1.807) is 4.72 Å². The third-order valence-electron chi connectivity index (χ3n) is 2.49. The van der Waals surface area contributed by atoms with E-state index in [1.165, 1.54) is 7.05 Å². The second kappa shape index (κ2) is 6.49. The molecule has 1 aromatic carbocycles. The van der Waals surface area contributed by atoms with Crippen LogP contribution in [0.4, 0.5) is 0 Å². The van der Waals surface area contributed by atoms with Crippen molar-refractivity contribution >= 4 is 26.0 Å². The first-order valence-electron chi connectivity index (χ1n) is 5.53. The summed E-state index contributed by atoms with van der Waals surface area (Å²) in [5.41, 5.74) is 0. The molecule has 21 heavy (non-hydrogen) atoms. The van der Waals surface area contributed by atoms with Crippen LogP contribution >= 0.6 is 0 Å². The van der Waals surface area contributed by atoms with Crippen molar-refractivity contribution < 1.29 is 31.8 Å². The summed E-state index contributed by atoms with van der Waals surface area (Å²) >= 11 is 0. The van der Waals surface area contributed by atoms with Crippen molar-refractivity contribution in [2.45, 2.75) is 15.8 Å². The van der Waals surface area contributed by atoms with E-state index in [0.29, 0.717) is 0 Å². The Morgan fingerprint density at radius 2 is 1.52 bits per heavy atom. The summed E-state index contributed by atoms with van der Waals surface area (Å²) in [6.45, 7) is -0.916. The van der Waals surface area contributed by atoms with Gasteiger partial charge in [-0.1, -0.05) is 0 Å². The zero-order valence-electron chi connectivity index (χ0n) is 10.8. The van der Waals surface area contributed by atoms with E-state index in [9.17, 15) is 21.6 Å². The Labute approximate surface area is 121 Å². The van der Waals surface area contributed by atoms with Crippen molar-refractivity contribution in [2.75, 3.05) is 13.7 Å². The van der Waals surface area contributed by atoms with Crippen molar-refractivity contribution in [3.63, 3.8) is 0 Å². The normalized spacial score (nSPS) is 13.8. The third-order valence-corrected chi connectivity index (χ3v) is 5.41. The van der Waals surface area contributed by atoms with Crippen molar-refractivity contribution in [2.24, 2.45) is 0 Å². The third kappa shape index (κ3) is 4.22. The Bertz CT molecular complexity index is 710. The lowest BCUT2D eigenvalue weighted by Crippen LogP contribution is -2.43. The van der Waals surface area contributed by atoms with Gasteiger partial charge in [-0.05, 0) is 31.3 Å². The molecule has 0 aliphatic rings. The number of hydrogen-bond donors (Lipinski definition) is 4. The van der Waals surface area contributed by atoms with E-state index < -0.39 is 38.7 Å². The fourth-order valence-electron chi connectivity index (χ4n) is 1.34. The van der Waals surface area contributed by atoms with Crippen LogP contribution in [0.25, 0.3) is 0 Å². The molecule has 4 N–H and O–H groups in total. The molecular weight excluding hydrogens is 324 g/mol. The summed E-state index contributed by atoms with van der Waals surface area (Å²) < 4.78 is 50.6. The first-order valence-corrected chi connectivity index (χ1v) is 8.50. The number of carboxylic acid groups (broad SMARTS) is 1. The van der Waals surface area contributed by atoms with Gasteiger partial charge in [0.15, 0.2) is 0 Å². The van der Waals surface area contributed by atoms with Crippen LogP contribution in [0.3, 0.4) is 0 Å². The highest BCUT2D eigenvalue weighted by Gasteiger charge is 2.25. The highest BCUT2D eigenvalue weighted by Crippen LogP contribution is 2.14. The summed E-state index contributed by atoms with van der Waals surface area (Å²) in [5, 5.41) is 17.5. The summed E-state index contributed by atoms with van der Waals surface area (Å²) in [4.78, 5) is 10.2. The lowest BCUT2D eigenvalue weighted by atomic mass is 10.3. The molecule has 0 aliphatic heterocycles. The predicted octanol–water partition coefficient (Wildman–Crippen LogP) is -1.68. The number of aliphatic hydroxyl groups excluding tert-OH is 1. The van der Waals surface area contributed by atoms with Gasteiger partial charge in [-0.25, -0.2) is 21.6 Å². The number of hydrogen-bond acceptors (Lipinski definition) is 6. The van der Waals surface area contributed by atoms with Gasteiger partial charge in [-0.3, -0.25) is 4.79 Å². The van der Waals surface area contributed by atoms with Crippen LogP contribution in [0, 0.1) is 0 Å². The van der Waals surface area contributed by atoms with E-state index in [-0.39, 0.29) is 9.79 Å². The second-order valence-corrected chi connectivity index (χ2v) is 7.47. The van der Waals surface area contributed by atoms with Gasteiger partial charge < -0.3 is 10.2 Å². The largest absolute Gasteiger partial charge is 0.480 e. The Kier molecular flexibility index (Phi) is 5.42. The van der Waals surface area contributed by atoms with Crippen LogP contribution in [-0.2, 0) is 24.8 Å². The van der Waals surface area contributed by atoms with Crippen molar-refractivity contribution in [3.8, 4) is 0 Å². The van der Waals surface area contributed by atoms with Crippen LogP contribution < -0.4 is 9.44 Å². The molecule has 1 atom stereocenters. The van der Waals surface area contributed by atoms with Crippen LogP contribution in [0.2, 0.25) is 0 Å². The van der Waals surface area contributed by atoms with Gasteiger partial charge in [0, 0.05) is 0 Å². The van der Waals surface area contributed by atoms with Crippen LogP contribution in [0.1, 0.15) is 0 Å². The minimum Gasteiger partial charge on any atom is -0.480 e. The number of carboxylic acids is 1. The Morgan fingerprint density at radius 1 is 1.10 bits per heavy atom. The second-order valence-electron chi connectivity index (χ2n) is 3.87. The van der Waals surface area contributed by atoms with Gasteiger partial charge in [-0.2, -0.15) is 4.72 Å². The molecule has 0 radical (unpaired) electrons. The predicted molar refractivity (Wildman–Crippen MR) is 71.5 cm³/mol. The lowest BCUT2D eigenvalue weighted by Gasteiger charge is -2.12. The molecule has 0 aliphatic carbocycles. The number of carbonyl (C=O) groups is 1. The Hall–Kier alpha value is -1.53. The van der Waals surface area contributed by atoms with Crippen molar-refractivity contribution in [1.82, 2.24) is 9.44 Å². The van der Waals surface area contributed by atoms with Gasteiger partial charge >= 0.3 is 5.97 Å². The van der Waals surface area contributed by atoms with E-state index in [4.69, 9.17) is 10.2 Å². The van der Waals surface area contributed by atoms with Crippen LogP contribution in [0.15, 0.2) is 34.1 Å². The highest BCUT2D eigenvalue weighted by molar-refractivity contribution is 7.90. The SMILES string of the molecule is CNS(=O)(=O)c1ccc(S(=O)(=O)NC(CO)C(=O)O)cc1. The number of sulfonamides is 2. The molecular formula is C10H14N2O7S2. The monoisotopic (exact) mass is 338 g/mol. The molecule has 0 spiro atoms. The zero-order valence-corrected chi connectivity index (χ0v) is 12.5. The molecule has 11 heteroatoms. The molecule has 118 valence electrons. The first kappa shape index (κ1) is 17.5. The molecule has 1 rings (SSSR count). The van der Waals surface area contributed by atoms with E-state index in [1.807, 2.05) is 0 Å². The molecule has 1 aromatic rings. The molecule has 0 saturated heterocycles. The summed E-state index contributed by atoms with van der Waals surface area (Å²) in [6, 6.07) is 2.48. The number of aliphatic carboxylic acids is 1. The fraction of sp³-hybridized carbons (Fsp3) is 0.300. The number of nitrogens with one attached hydrogen (secondary N) is 2. The van der Waals surface area contributed by atoms with Crippen molar-refractivity contribution in [3.05, 3.63) is 24.3 Å². The van der Waals surface area contributed by atoms with Gasteiger partial charge in [0.1, 0.15) is 6.04 Å². The standard InChI is InChI=1S/C10H14N2O7S2/c1-11-20(16,17)7-2-4-8(5-3-7)21(18,19)12-9(6-13)10(14)15/h2-5,9,11-13H,6H2,1H3,(H,14,15). The van der Waals surface area contributed by atoms with Gasteiger partial charge in [0.2, 0.25) is 20.0 Å². The molecule has 0 aromatic heterocycles. The maximum absolute atomic E-state index is 11.9. The molecule has 0 bridgehead atoms. The number of rotatable bonds is 7. The topological polar surface area (TPSA) is 150 Å². The Morgan fingerprint density at radius 3 is 1.86 bits per heavy atom. The highest BCUT2D eigenvalue weighted by atomic mass is 32.2. The maximum Gasteiger partial charge on any atom is 0.324 e. The maximum atomic E-state index is 11.9. The van der Waals surface area contributed by atoms with E-state index in [2.05, 4.69) is 4.72 Å². The van der Waals surface area contributed by atoms with Crippen LogP contribution in [0.5, 0.6) is 0 Å². The molecule has 0 fully saturated rings. The smallest absolute Gasteiger partial charge is 0.324 e. The Balaban J connectivity index is 3.09. The average Bonchev–Trinajstić information content (AvgIpc) is 2.44. The molecule has 0 heterocycles. The molecule has 9 nitrogen and oxygen atoms in total. The molecule has 1 unspecified atom stereocenters. The van der Waals surface area contributed by atoms with Crippen LogP contribution in [-0.4, -0.2) is 52.7 Å². The lowest BCUT2D eigenvalue weighted by molar-refractivity contribution is -0.139. The number of benzene rings is 1. The zero-order chi connectivity index (χ0) is 16.3. The average molecular weight is 338 g/mol. The van der Waals surface area contributed by atoms with Crippen molar-refractivity contribution in [1.29, 1.82) is 0 Å². The fourth-order valence-corrected chi connectivity index (χ4v) is 3.25. The molecule has 0 saturated carbocycles. The summed E-state index contributed by atoms with van der Waals surface area (Å²) in [5.74, 6) is -1.53. The summed E-state index contributed by atoms with van der Waals surface area (Å²) in [7, 11) is -6.68. The molecule has 0 amide bonds. The van der Waals surface area contributed by atoms with Gasteiger partial charge in [0.25, 0.3) is 0 Å². The first-order chi connectivity index (χ1) is 9.64. The van der Waals surface area contributed by atoms with E-state index in [0.717, 1.165) is 24.3 Å². The number of aliphatic hydroxyl groups is 1. The minimum atomic E-state index is -4.19. The van der Waals surface area contributed by atoms with Gasteiger partial charge in [0.05, 0.1) is 16.4 Å². The van der Waals surface area contributed by atoms with Gasteiger partial charge in [-0.15, -0.1) is 0 Å². The minimum absolute atomic E-state index is 0.138. The quantitative estimate of drug-likeness (QED) is 0.463.